The largest absolute Gasteiger partial charge is 0.416 e. The molecule has 2 fully saturated rings. The molecule has 1 saturated heterocycles. The zero-order valence-electron chi connectivity index (χ0n) is 19.7. The highest BCUT2D eigenvalue weighted by molar-refractivity contribution is 5.73. The molecule has 1 heterocycles. The van der Waals surface area contributed by atoms with Crippen LogP contribution in [0.15, 0.2) is 42.5 Å². The van der Waals surface area contributed by atoms with Gasteiger partial charge in [0.2, 0.25) is 5.91 Å². The number of carbonyl (C=O) groups is 1. The van der Waals surface area contributed by atoms with Gasteiger partial charge in [-0.3, -0.25) is 4.79 Å². The highest BCUT2D eigenvalue weighted by Gasteiger charge is 2.47. The van der Waals surface area contributed by atoms with E-state index in [1.807, 2.05) is 0 Å². The van der Waals surface area contributed by atoms with Crippen LogP contribution < -0.4 is 0 Å². The van der Waals surface area contributed by atoms with Gasteiger partial charge < -0.3 is 9.64 Å². The maximum absolute atomic E-state index is 13.6. The molecule has 1 saturated carbocycles. The number of nitrogens with zero attached hydrogens (tertiary/aromatic N) is 1. The highest BCUT2D eigenvalue weighted by Crippen LogP contribution is 2.48. The van der Waals surface area contributed by atoms with Gasteiger partial charge in [0.05, 0.1) is 23.3 Å². The van der Waals surface area contributed by atoms with Crippen molar-refractivity contribution >= 4 is 5.91 Å². The van der Waals surface area contributed by atoms with Crippen molar-refractivity contribution in [1.29, 1.82) is 0 Å². The molecule has 1 aliphatic carbocycles. The number of likely N-dealkylation sites (tertiary alicyclic amines) is 1. The fourth-order valence-corrected chi connectivity index (χ4v) is 5.55. The quantitative estimate of drug-likeness (QED) is 0.410. The van der Waals surface area contributed by atoms with Crippen LogP contribution in [0, 0.1) is 17.7 Å². The Morgan fingerprint density at radius 2 is 1.53 bits per heavy atom. The maximum atomic E-state index is 13.6. The summed E-state index contributed by atoms with van der Waals surface area (Å²) in [6.07, 6.45) is -10.3. The normalized spacial score (nSPS) is 25.5. The van der Waals surface area contributed by atoms with Crippen molar-refractivity contribution in [2.75, 3.05) is 13.1 Å². The Balaban J connectivity index is 1.66. The van der Waals surface area contributed by atoms with E-state index in [2.05, 4.69) is 0 Å². The summed E-state index contributed by atoms with van der Waals surface area (Å²) in [4.78, 5) is 13.7. The van der Waals surface area contributed by atoms with Gasteiger partial charge in [0.1, 0.15) is 5.82 Å². The molecule has 0 bridgehead atoms. The number of amides is 1. The molecule has 1 aliphatic heterocycles. The van der Waals surface area contributed by atoms with Gasteiger partial charge in [-0.25, -0.2) is 4.39 Å². The molecule has 4 rings (SSSR count). The average Bonchev–Trinajstić information content (AvgIpc) is 3.23. The van der Waals surface area contributed by atoms with Crippen molar-refractivity contribution in [1.82, 2.24) is 4.90 Å². The van der Waals surface area contributed by atoms with Crippen molar-refractivity contribution < 1.29 is 40.3 Å². The van der Waals surface area contributed by atoms with Gasteiger partial charge in [0.25, 0.3) is 0 Å². The fourth-order valence-electron chi connectivity index (χ4n) is 5.55. The lowest BCUT2D eigenvalue weighted by Crippen LogP contribution is -2.38. The van der Waals surface area contributed by atoms with Crippen molar-refractivity contribution in [3.8, 4) is 0 Å². The lowest BCUT2D eigenvalue weighted by atomic mass is 9.69. The monoisotopic (exact) mass is 517 g/mol. The number of hydrogen-bond acceptors (Lipinski definition) is 2. The highest BCUT2D eigenvalue weighted by atomic mass is 19.4. The molecule has 0 unspecified atom stereocenters. The first-order valence-electron chi connectivity index (χ1n) is 11.7. The molecule has 0 aromatic heterocycles. The van der Waals surface area contributed by atoms with Crippen LogP contribution in [-0.4, -0.2) is 30.0 Å². The molecule has 36 heavy (non-hydrogen) atoms. The van der Waals surface area contributed by atoms with E-state index >= 15 is 0 Å². The second kappa shape index (κ2) is 9.68. The molecule has 3 nitrogen and oxygen atoms in total. The minimum atomic E-state index is -4.95. The average molecular weight is 517 g/mol. The first-order chi connectivity index (χ1) is 16.7. The number of carbonyl (C=O) groups excluding carboxylic acids is 1. The second-order valence-corrected chi connectivity index (χ2v) is 9.66. The van der Waals surface area contributed by atoms with Crippen LogP contribution in [-0.2, 0) is 21.9 Å². The Morgan fingerprint density at radius 1 is 0.944 bits per heavy atom. The summed E-state index contributed by atoms with van der Waals surface area (Å²) < 4.78 is 99.9. The molecule has 2 aromatic carbocycles. The maximum Gasteiger partial charge on any atom is 0.416 e. The zero-order valence-corrected chi connectivity index (χ0v) is 19.7. The SMILES string of the molecule is CC(=O)N1C[C@H]2CC[C@H](O[C@H](C)c3cc(C(F)(F)F)cc(C(F)(F)F)c3)[C@@H](c3ccc(F)cc3)[C@@H]2C1. The van der Waals surface area contributed by atoms with Gasteiger partial charge in [0.15, 0.2) is 0 Å². The van der Waals surface area contributed by atoms with Crippen LogP contribution in [0.5, 0.6) is 0 Å². The number of alkyl halides is 6. The first-order valence-corrected chi connectivity index (χ1v) is 11.7. The Labute approximate surface area is 204 Å². The van der Waals surface area contributed by atoms with Crippen LogP contribution in [0.1, 0.15) is 61.0 Å². The fraction of sp³-hybridized carbons (Fsp3) is 0.500. The van der Waals surface area contributed by atoms with Crippen LogP contribution >= 0.6 is 0 Å². The van der Waals surface area contributed by atoms with Crippen LogP contribution in [0.3, 0.4) is 0 Å². The Kier molecular flexibility index (Phi) is 7.11. The molecule has 196 valence electrons. The predicted molar refractivity (Wildman–Crippen MR) is 117 cm³/mol. The number of fused-ring (bicyclic) bond motifs is 1. The smallest absolute Gasteiger partial charge is 0.370 e. The van der Waals surface area contributed by atoms with Crippen LogP contribution in [0.2, 0.25) is 0 Å². The van der Waals surface area contributed by atoms with Gasteiger partial charge in [-0.1, -0.05) is 12.1 Å². The summed E-state index contributed by atoms with van der Waals surface area (Å²) >= 11 is 0. The Hall–Kier alpha value is -2.62. The topological polar surface area (TPSA) is 29.5 Å². The first kappa shape index (κ1) is 26.4. The number of benzene rings is 2. The summed E-state index contributed by atoms with van der Waals surface area (Å²) in [5, 5.41) is 0. The Morgan fingerprint density at radius 3 is 2.06 bits per heavy atom. The van der Waals surface area contributed by atoms with E-state index in [1.54, 1.807) is 17.0 Å². The van der Waals surface area contributed by atoms with Crippen molar-refractivity contribution in [2.24, 2.45) is 11.8 Å². The van der Waals surface area contributed by atoms with E-state index in [-0.39, 0.29) is 35.3 Å². The molecule has 2 aliphatic rings. The van der Waals surface area contributed by atoms with Crippen LogP contribution in [0.25, 0.3) is 0 Å². The summed E-state index contributed by atoms with van der Waals surface area (Å²) in [6.45, 7) is 3.94. The molecule has 1 amide bonds. The standard InChI is InChI=1S/C26H26F7NO2/c1-14(18-9-19(25(28,29)30)11-20(10-18)26(31,32)33)36-23-8-5-17-12-34(15(2)35)13-22(17)24(23)16-3-6-21(27)7-4-16/h3-4,6-7,9-11,14,17,22-24H,5,8,12-13H2,1-2H3/t14-,17-,22-,23+,24+/m1/s1. The van der Waals surface area contributed by atoms with E-state index in [9.17, 15) is 35.5 Å². The molecule has 10 heteroatoms. The lowest BCUT2D eigenvalue weighted by Gasteiger charge is -2.41. The third-order valence-corrected chi connectivity index (χ3v) is 7.33. The Bertz CT molecular complexity index is 1060. The summed E-state index contributed by atoms with van der Waals surface area (Å²) in [7, 11) is 0. The molecule has 0 radical (unpaired) electrons. The molecule has 2 aromatic rings. The number of rotatable bonds is 4. The third-order valence-electron chi connectivity index (χ3n) is 7.33. The van der Waals surface area contributed by atoms with E-state index < -0.39 is 41.5 Å². The van der Waals surface area contributed by atoms with Gasteiger partial charge >= 0.3 is 12.4 Å². The van der Waals surface area contributed by atoms with Gasteiger partial charge in [-0.2, -0.15) is 26.3 Å². The van der Waals surface area contributed by atoms with Crippen molar-refractivity contribution in [2.45, 2.75) is 57.2 Å². The van der Waals surface area contributed by atoms with E-state index in [1.165, 1.54) is 26.0 Å². The molecule has 0 N–H and O–H groups in total. The summed E-state index contributed by atoms with van der Waals surface area (Å²) in [5.41, 5.74) is -2.26. The summed E-state index contributed by atoms with van der Waals surface area (Å²) in [6, 6.07) is 7.31. The molecular formula is C26H26F7NO2. The third kappa shape index (κ3) is 5.53. The molecule has 5 atom stereocenters. The lowest BCUT2D eigenvalue weighted by molar-refractivity contribution is -0.143. The van der Waals surface area contributed by atoms with Crippen LogP contribution in [0.4, 0.5) is 30.7 Å². The van der Waals surface area contributed by atoms with Crippen molar-refractivity contribution in [3.05, 3.63) is 70.5 Å². The van der Waals surface area contributed by atoms with Gasteiger partial charge in [-0.05, 0) is 73.1 Å². The minimum absolute atomic E-state index is 0.0300. The summed E-state index contributed by atoms with van der Waals surface area (Å²) in [5.74, 6) is -0.666. The van der Waals surface area contributed by atoms with E-state index in [0.717, 1.165) is 5.56 Å². The molecule has 0 spiro atoms. The number of hydrogen-bond donors (Lipinski definition) is 0. The minimum Gasteiger partial charge on any atom is -0.370 e. The molecular weight excluding hydrogens is 491 g/mol. The second-order valence-electron chi connectivity index (χ2n) is 9.66. The zero-order chi connectivity index (χ0) is 26.4. The number of halogens is 7. The van der Waals surface area contributed by atoms with Gasteiger partial charge in [0, 0.05) is 25.9 Å². The van der Waals surface area contributed by atoms with E-state index in [4.69, 9.17) is 4.74 Å². The predicted octanol–water partition coefficient (Wildman–Crippen LogP) is 6.98. The van der Waals surface area contributed by atoms with Gasteiger partial charge in [-0.15, -0.1) is 0 Å². The number of ether oxygens (including phenoxy) is 1. The van der Waals surface area contributed by atoms with E-state index in [0.29, 0.717) is 38.1 Å². The van der Waals surface area contributed by atoms with Crippen molar-refractivity contribution in [3.63, 3.8) is 0 Å².